The van der Waals surface area contributed by atoms with E-state index in [0.29, 0.717) is 24.3 Å². The van der Waals surface area contributed by atoms with Crippen LogP contribution in [0.3, 0.4) is 0 Å². The number of amides is 1. The second-order valence-corrected chi connectivity index (χ2v) is 6.20. The van der Waals surface area contributed by atoms with Crippen LogP contribution >= 0.6 is 0 Å². The first-order valence-electron chi connectivity index (χ1n) is 9.09. The first kappa shape index (κ1) is 19.2. The van der Waals surface area contributed by atoms with Crippen molar-refractivity contribution in [3.05, 3.63) is 95.6 Å². The summed E-state index contributed by atoms with van der Waals surface area (Å²) in [5.41, 5.74) is 5.75. The first-order valence-corrected chi connectivity index (χ1v) is 9.09. The number of aromatic hydroxyl groups is 1. The lowest BCUT2D eigenvalue weighted by Gasteiger charge is -2.08. The van der Waals surface area contributed by atoms with Crippen molar-refractivity contribution in [3.8, 4) is 11.5 Å². The quantitative estimate of drug-likeness (QED) is 0.472. The fourth-order valence-corrected chi connectivity index (χ4v) is 2.63. The minimum absolute atomic E-state index is 0.192. The summed E-state index contributed by atoms with van der Waals surface area (Å²) in [5.74, 6) is 0.597. The van der Waals surface area contributed by atoms with Crippen LogP contribution in [-0.4, -0.2) is 16.7 Å². The fourth-order valence-electron chi connectivity index (χ4n) is 2.63. The maximum absolute atomic E-state index is 12.3. The zero-order chi connectivity index (χ0) is 19.8. The molecule has 142 valence electrons. The summed E-state index contributed by atoms with van der Waals surface area (Å²) < 4.78 is 5.73. The van der Waals surface area contributed by atoms with Gasteiger partial charge in [-0.2, -0.15) is 5.10 Å². The Labute approximate surface area is 164 Å². The molecule has 0 heterocycles. The first-order chi connectivity index (χ1) is 13.7. The molecule has 0 atom stereocenters. The Bertz CT molecular complexity index is 934. The minimum Gasteiger partial charge on any atom is -0.508 e. The molecular formula is C23H22N2O3. The molecule has 0 aromatic heterocycles. The smallest absolute Gasteiger partial charge is 0.271 e. The zero-order valence-electron chi connectivity index (χ0n) is 15.6. The van der Waals surface area contributed by atoms with Crippen molar-refractivity contribution in [2.45, 2.75) is 20.0 Å². The van der Waals surface area contributed by atoms with E-state index in [-0.39, 0.29) is 11.7 Å². The van der Waals surface area contributed by atoms with Crippen molar-refractivity contribution < 1.29 is 14.6 Å². The Hall–Kier alpha value is -3.60. The monoisotopic (exact) mass is 374 g/mol. The number of nitrogens with zero attached hydrogens (tertiary/aromatic N) is 1. The van der Waals surface area contributed by atoms with E-state index in [1.807, 2.05) is 37.3 Å². The number of ether oxygens (including phenoxy) is 1. The van der Waals surface area contributed by atoms with Crippen LogP contribution in [0.1, 0.15) is 34.8 Å². The largest absolute Gasteiger partial charge is 0.508 e. The van der Waals surface area contributed by atoms with Crippen LogP contribution in [0.25, 0.3) is 0 Å². The van der Waals surface area contributed by atoms with Gasteiger partial charge in [0, 0.05) is 5.56 Å². The summed E-state index contributed by atoms with van der Waals surface area (Å²) in [5, 5.41) is 13.6. The van der Waals surface area contributed by atoms with Crippen molar-refractivity contribution >= 4 is 11.6 Å². The topological polar surface area (TPSA) is 70.9 Å². The highest BCUT2D eigenvalue weighted by Crippen LogP contribution is 2.15. The molecule has 0 aliphatic heterocycles. The van der Waals surface area contributed by atoms with Gasteiger partial charge < -0.3 is 9.84 Å². The Kier molecular flexibility index (Phi) is 6.41. The molecule has 28 heavy (non-hydrogen) atoms. The molecule has 5 nitrogen and oxygen atoms in total. The van der Waals surface area contributed by atoms with Gasteiger partial charge >= 0.3 is 0 Å². The Morgan fingerprint density at radius 1 is 0.929 bits per heavy atom. The van der Waals surface area contributed by atoms with Crippen LogP contribution in [0.5, 0.6) is 11.5 Å². The highest BCUT2D eigenvalue weighted by Gasteiger charge is 2.07. The van der Waals surface area contributed by atoms with Gasteiger partial charge in [0.15, 0.2) is 0 Å². The predicted octanol–water partition coefficient (Wildman–Crippen LogP) is 4.52. The highest BCUT2D eigenvalue weighted by molar-refractivity contribution is 6.02. The maximum Gasteiger partial charge on any atom is 0.271 e. The van der Waals surface area contributed by atoms with E-state index in [4.69, 9.17) is 4.74 Å². The minimum atomic E-state index is -0.292. The number of hydrogen-bond donors (Lipinski definition) is 2. The third-order valence-electron chi connectivity index (χ3n) is 4.19. The molecule has 3 aromatic rings. The summed E-state index contributed by atoms with van der Waals surface area (Å²) in [6.07, 6.45) is 0.650. The molecule has 3 rings (SSSR count). The van der Waals surface area contributed by atoms with Gasteiger partial charge in [-0.3, -0.25) is 4.79 Å². The van der Waals surface area contributed by atoms with Crippen LogP contribution in [0.2, 0.25) is 0 Å². The molecule has 1 amide bonds. The summed E-state index contributed by atoms with van der Waals surface area (Å²) in [4.78, 5) is 12.3. The van der Waals surface area contributed by atoms with Gasteiger partial charge in [-0.1, -0.05) is 37.3 Å². The van der Waals surface area contributed by atoms with Crippen LogP contribution in [0.15, 0.2) is 84.0 Å². The van der Waals surface area contributed by atoms with E-state index in [0.717, 1.165) is 16.8 Å². The molecule has 5 heteroatoms. The Balaban J connectivity index is 1.60. The van der Waals surface area contributed by atoms with Crippen molar-refractivity contribution in [1.29, 1.82) is 0 Å². The summed E-state index contributed by atoms with van der Waals surface area (Å²) in [7, 11) is 0. The molecule has 0 spiro atoms. The number of phenols is 1. The van der Waals surface area contributed by atoms with Crippen molar-refractivity contribution in [2.75, 3.05) is 0 Å². The summed E-state index contributed by atoms with van der Waals surface area (Å²) in [6, 6.07) is 23.6. The molecule has 3 aromatic carbocycles. The van der Waals surface area contributed by atoms with Crippen molar-refractivity contribution in [1.82, 2.24) is 5.43 Å². The molecule has 0 unspecified atom stereocenters. The van der Waals surface area contributed by atoms with Crippen LogP contribution in [0, 0.1) is 0 Å². The number of carbonyl (C=O) groups excluding carboxylic acids is 1. The lowest BCUT2D eigenvalue weighted by atomic mass is 10.1. The molecule has 0 radical (unpaired) electrons. The summed E-state index contributed by atoms with van der Waals surface area (Å²) >= 11 is 0. The van der Waals surface area contributed by atoms with E-state index in [1.54, 1.807) is 48.5 Å². The van der Waals surface area contributed by atoms with Crippen molar-refractivity contribution in [2.24, 2.45) is 5.10 Å². The van der Waals surface area contributed by atoms with Crippen LogP contribution in [-0.2, 0) is 6.61 Å². The normalized spacial score (nSPS) is 11.1. The molecular weight excluding hydrogens is 352 g/mol. The average molecular weight is 374 g/mol. The zero-order valence-corrected chi connectivity index (χ0v) is 15.6. The lowest BCUT2D eigenvalue weighted by Crippen LogP contribution is -2.19. The van der Waals surface area contributed by atoms with Crippen molar-refractivity contribution in [3.63, 3.8) is 0 Å². The maximum atomic E-state index is 12.3. The van der Waals surface area contributed by atoms with Gasteiger partial charge in [0.2, 0.25) is 0 Å². The van der Waals surface area contributed by atoms with E-state index < -0.39 is 0 Å². The van der Waals surface area contributed by atoms with Gasteiger partial charge in [-0.15, -0.1) is 0 Å². The molecule has 2 N–H and O–H groups in total. The van der Waals surface area contributed by atoms with Gasteiger partial charge in [0.05, 0.1) is 5.71 Å². The number of benzene rings is 3. The summed E-state index contributed by atoms with van der Waals surface area (Å²) in [6.45, 7) is 2.43. The molecule has 0 bridgehead atoms. The Morgan fingerprint density at radius 3 is 2.21 bits per heavy atom. The predicted molar refractivity (Wildman–Crippen MR) is 110 cm³/mol. The second kappa shape index (κ2) is 9.37. The number of hydrogen-bond acceptors (Lipinski definition) is 4. The molecule has 0 aliphatic carbocycles. The van der Waals surface area contributed by atoms with Crippen LogP contribution < -0.4 is 10.2 Å². The Morgan fingerprint density at radius 2 is 1.57 bits per heavy atom. The fraction of sp³-hybridized carbons (Fsp3) is 0.130. The van der Waals surface area contributed by atoms with Gasteiger partial charge in [-0.05, 0) is 66.1 Å². The molecule has 0 saturated heterocycles. The number of nitrogens with one attached hydrogen (secondary N) is 1. The third kappa shape index (κ3) is 5.20. The highest BCUT2D eigenvalue weighted by atomic mass is 16.5. The number of phenolic OH excluding ortho intramolecular Hbond substituents is 1. The van der Waals surface area contributed by atoms with E-state index in [1.165, 1.54) is 0 Å². The van der Waals surface area contributed by atoms with E-state index in [2.05, 4.69) is 10.5 Å². The van der Waals surface area contributed by atoms with Gasteiger partial charge in [-0.25, -0.2) is 5.43 Å². The SMILES string of the molecule is CCC(=NNC(=O)c1ccc(OCc2ccccc2)cc1)c1ccc(O)cc1. The number of rotatable bonds is 7. The number of hydrazone groups is 1. The lowest BCUT2D eigenvalue weighted by molar-refractivity contribution is 0.0954. The van der Waals surface area contributed by atoms with Gasteiger partial charge in [0.1, 0.15) is 18.1 Å². The van der Waals surface area contributed by atoms with Gasteiger partial charge in [0.25, 0.3) is 5.91 Å². The average Bonchev–Trinajstić information content (AvgIpc) is 2.75. The second-order valence-electron chi connectivity index (χ2n) is 6.20. The van der Waals surface area contributed by atoms with E-state index >= 15 is 0 Å². The number of carbonyl (C=O) groups is 1. The standard InChI is InChI=1S/C23H22N2O3/c1-2-22(18-8-12-20(26)13-9-18)24-25-23(27)19-10-14-21(15-11-19)28-16-17-6-4-3-5-7-17/h3-15,26H,2,16H2,1H3,(H,25,27). The third-order valence-corrected chi connectivity index (χ3v) is 4.19. The van der Waals surface area contributed by atoms with E-state index in [9.17, 15) is 9.90 Å². The molecule has 0 aliphatic rings. The van der Waals surface area contributed by atoms with Crippen LogP contribution in [0.4, 0.5) is 0 Å². The molecule has 0 fully saturated rings. The molecule has 0 saturated carbocycles.